The molecule has 1 N–H and O–H groups in total. The van der Waals surface area contributed by atoms with E-state index < -0.39 is 0 Å². The molecule has 3 aromatic heterocycles. The molecule has 0 bridgehead atoms. The summed E-state index contributed by atoms with van der Waals surface area (Å²) in [4.78, 5) is 25.5. The zero-order valence-corrected chi connectivity index (χ0v) is 15.0. The maximum atomic E-state index is 12.2. The number of fused-ring (bicyclic) bond motifs is 1. The van der Waals surface area contributed by atoms with Crippen molar-refractivity contribution in [3.63, 3.8) is 0 Å². The SMILES string of the molecule is Cc1nc(CC(=O)NCc2cccnc2-n2cnc3ccccc32)cs1. The highest BCUT2D eigenvalue weighted by Crippen LogP contribution is 2.19. The number of hydrogen-bond acceptors (Lipinski definition) is 5. The van der Waals surface area contributed by atoms with Gasteiger partial charge < -0.3 is 5.32 Å². The molecule has 7 heteroatoms. The lowest BCUT2D eigenvalue weighted by Gasteiger charge is -2.11. The summed E-state index contributed by atoms with van der Waals surface area (Å²) in [5.74, 6) is 0.714. The summed E-state index contributed by atoms with van der Waals surface area (Å²) in [5.41, 5.74) is 3.62. The first-order chi connectivity index (χ1) is 12.7. The first kappa shape index (κ1) is 16.4. The molecule has 6 nitrogen and oxygen atoms in total. The molecule has 3 heterocycles. The van der Waals surface area contributed by atoms with Crippen LogP contribution in [0.1, 0.15) is 16.3 Å². The fourth-order valence-electron chi connectivity index (χ4n) is 2.82. The Labute approximate surface area is 154 Å². The van der Waals surface area contributed by atoms with Crippen LogP contribution < -0.4 is 5.32 Å². The van der Waals surface area contributed by atoms with E-state index in [-0.39, 0.29) is 12.3 Å². The van der Waals surface area contributed by atoms with Crippen LogP contribution in [0.2, 0.25) is 0 Å². The van der Waals surface area contributed by atoms with Crippen LogP contribution in [0.4, 0.5) is 0 Å². The van der Waals surface area contributed by atoms with Gasteiger partial charge in [0, 0.05) is 23.7 Å². The Hall–Kier alpha value is -3.06. The van der Waals surface area contributed by atoms with Crippen molar-refractivity contribution in [2.75, 3.05) is 0 Å². The summed E-state index contributed by atoms with van der Waals surface area (Å²) < 4.78 is 1.95. The van der Waals surface area contributed by atoms with E-state index >= 15 is 0 Å². The van der Waals surface area contributed by atoms with E-state index in [0.29, 0.717) is 6.54 Å². The Balaban J connectivity index is 1.54. The standard InChI is InChI=1S/C19H17N5OS/c1-13-23-15(11-26-13)9-18(25)21-10-14-5-4-8-20-19(14)24-12-22-16-6-2-3-7-17(16)24/h2-8,11-12H,9-10H2,1H3,(H,21,25). The van der Waals surface area contributed by atoms with Crippen molar-refractivity contribution in [2.45, 2.75) is 19.9 Å². The van der Waals surface area contributed by atoms with Crippen LogP contribution in [0.15, 0.2) is 54.3 Å². The number of nitrogens with zero attached hydrogens (tertiary/aromatic N) is 4. The van der Waals surface area contributed by atoms with Crippen molar-refractivity contribution in [3.8, 4) is 5.82 Å². The number of pyridine rings is 1. The summed E-state index contributed by atoms with van der Waals surface area (Å²) in [6.07, 6.45) is 3.79. The molecule has 4 rings (SSSR count). The van der Waals surface area contributed by atoms with Gasteiger partial charge in [-0.2, -0.15) is 0 Å². The number of carbonyl (C=O) groups excluding carboxylic acids is 1. The smallest absolute Gasteiger partial charge is 0.226 e. The Morgan fingerprint density at radius 2 is 2.08 bits per heavy atom. The number of nitrogens with one attached hydrogen (secondary N) is 1. The largest absolute Gasteiger partial charge is 0.352 e. The van der Waals surface area contributed by atoms with Crippen LogP contribution in [0.25, 0.3) is 16.9 Å². The summed E-state index contributed by atoms with van der Waals surface area (Å²) in [7, 11) is 0. The number of hydrogen-bond donors (Lipinski definition) is 1. The van der Waals surface area contributed by atoms with E-state index in [9.17, 15) is 4.79 Å². The molecule has 26 heavy (non-hydrogen) atoms. The van der Waals surface area contributed by atoms with Crippen molar-refractivity contribution in [1.82, 2.24) is 24.8 Å². The van der Waals surface area contributed by atoms with Gasteiger partial charge in [-0.1, -0.05) is 18.2 Å². The maximum absolute atomic E-state index is 12.2. The van der Waals surface area contributed by atoms with E-state index in [4.69, 9.17) is 0 Å². The lowest BCUT2D eigenvalue weighted by Crippen LogP contribution is -2.25. The molecule has 4 aromatic rings. The highest BCUT2D eigenvalue weighted by Gasteiger charge is 2.11. The number of aromatic nitrogens is 4. The molecule has 1 amide bonds. The molecule has 0 spiro atoms. The van der Waals surface area contributed by atoms with Gasteiger partial charge in [0.05, 0.1) is 28.2 Å². The Morgan fingerprint density at radius 1 is 1.19 bits per heavy atom. The average molecular weight is 363 g/mol. The number of thiazole rings is 1. The monoisotopic (exact) mass is 363 g/mol. The number of carbonyl (C=O) groups is 1. The van der Waals surface area contributed by atoms with Crippen LogP contribution in [-0.4, -0.2) is 25.4 Å². The van der Waals surface area contributed by atoms with Gasteiger partial charge in [0.15, 0.2) is 0 Å². The Morgan fingerprint density at radius 3 is 2.92 bits per heavy atom. The second-order valence-electron chi connectivity index (χ2n) is 5.90. The molecular weight excluding hydrogens is 346 g/mol. The zero-order valence-electron chi connectivity index (χ0n) is 14.2. The van der Waals surface area contributed by atoms with E-state index in [0.717, 1.165) is 33.1 Å². The fraction of sp³-hybridized carbons (Fsp3) is 0.158. The lowest BCUT2D eigenvalue weighted by atomic mass is 10.2. The lowest BCUT2D eigenvalue weighted by molar-refractivity contribution is -0.120. The summed E-state index contributed by atoms with van der Waals surface area (Å²) in [6, 6.07) is 11.7. The number of amides is 1. The van der Waals surface area contributed by atoms with E-state index in [1.807, 2.05) is 53.3 Å². The van der Waals surface area contributed by atoms with Gasteiger partial charge in [0.25, 0.3) is 0 Å². The molecule has 130 valence electrons. The second-order valence-corrected chi connectivity index (χ2v) is 6.96. The normalized spacial score (nSPS) is 11.0. The summed E-state index contributed by atoms with van der Waals surface area (Å²) >= 11 is 1.55. The molecular formula is C19H17N5OS. The van der Waals surface area contributed by atoms with Crippen LogP contribution >= 0.6 is 11.3 Å². The van der Waals surface area contributed by atoms with Gasteiger partial charge in [-0.3, -0.25) is 9.36 Å². The van der Waals surface area contributed by atoms with Gasteiger partial charge in [0.1, 0.15) is 12.1 Å². The predicted octanol–water partition coefficient (Wildman–Crippen LogP) is 3.04. The van der Waals surface area contributed by atoms with Crippen LogP contribution in [0, 0.1) is 6.92 Å². The van der Waals surface area contributed by atoms with E-state index in [2.05, 4.69) is 20.3 Å². The summed E-state index contributed by atoms with van der Waals surface area (Å²) in [5, 5.41) is 5.84. The minimum atomic E-state index is -0.0550. The number of aryl methyl sites for hydroxylation is 1. The number of para-hydroxylation sites is 2. The Bertz CT molecular complexity index is 1070. The van der Waals surface area contributed by atoms with Crippen molar-refractivity contribution in [1.29, 1.82) is 0 Å². The highest BCUT2D eigenvalue weighted by atomic mass is 32.1. The number of rotatable bonds is 5. The predicted molar refractivity (Wildman–Crippen MR) is 101 cm³/mol. The molecule has 0 fully saturated rings. The van der Waals surface area contributed by atoms with Gasteiger partial charge in [-0.05, 0) is 25.1 Å². The molecule has 0 saturated heterocycles. The van der Waals surface area contributed by atoms with Gasteiger partial charge in [0.2, 0.25) is 5.91 Å². The summed E-state index contributed by atoms with van der Waals surface area (Å²) in [6.45, 7) is 2.33. The van der Waals surface area contributed by atoms with Crippen molar-refractivity contribution in [3.05, 3.63) is 70.6 Å². The second kappa shape index (κ2) is 7.05. The molecule has 0 atom stereocenters. The first-order valence-electron chi connectivity index (χ1n) is 8.25. The number of benzene rings is 1. The Kier molecular flexibility index (Phi) is 4.45. The quantitative estimate of drug-likeness (QED) is 0.591. The van der Waals surface area contributed by atoms with Gasteiger partial charge >= 0.3 is 0 Å². The van der Waals surface area contributed by atoms with Crippen LogP contribution in [0.5, 0.6) is 0 Å². The zero-order chi connectivity index (χ0) is 17.9. The number of imidazole rings is 1. The first-order valence-corrected chi connectivity index (χ1v) is 9.13. The third-order valence-electron chi connectivity index (χ3n) is 4.03. The average Bonchev–Trinajstić information content (AvgIpc) is 3.26. The molecule has 0 aliphatic heterocycles. The third kappa shape index (κ3) is 3.34. The van der Waals surface area contributed by atoms with Crippen LogP contribution in [-0.2, 0) is 17.8 Å². The molecule has 1 aromatic carbocycles. The van der Waals surface area contributed by atoms with Gasteiger partial charge in [-0.25, -0.2) is 15.0 Å². The van der Waals surface area contributed by atoms with Crippen molar-refractivity contribution < 1.29 is 4.79 Å². The highest BCUT2D eigenvalue weighted by molar-refractivity contribution is 7.09. The fourth-order valence-corrected chi connectivity index (χ4v) is 3.44. The molecule has 0 saturated carbocycles. The van der Waals surface area contributed by atoms with Crippen molar-refractivity contribution >= 4 is 28.3 Å². The topological polar surface area (TPSA) is 72.7 Å². The van der Waals surface area contributed by atoms with Gasteiger partial charge in [-0.15, -0.1) is 11.3 Å². The maximum Gasteiger partial charge on any atom is 0.226 e. The molecule has 0 aliphatic rings. The minimum Gasteiger partial charge on any atom is -0.352 e. The van der Waals surface area contributed by atoms with Crippen molar-refractivity contribution in [2.24, 2.45) is 0 Å². The van der Waals surface area contributed by atoms with E-state index in [1.165, 1.54) is 0 Å². The third-order valence-corrected chi connectivity index (χ3v) is 4.86. The van der Waals surface area contributed by atoms with Crippen LogP contribution in [0.3, 0.4) is 0 Å². The van der Waals surface area contributed by atoms with E-state index in [1.54, 1.807) is 23.9 Å². The minimum absolute atomic E-state index is 0.0550. The molecule has 0 radical (unpaired) electrons. The molecule has 0 aliphatic carbocycles. The molecule has 0 unspecified atom stereocenters.